The van der Waals surface area contributed by atoms with E-state index in [0.717, 1.165) is 51.9 Å². The molecule has 29 heavy (non-hydrogen) atoms. The van der Waals surface area contributed by atoms with Crippen LogP contribution in [0.2, 0.25) is 0 Å². The number of rotatable bonds is 18. The fraction of sp³-hybridized carbons (Fsp3) is 0.842. The first-order chi connectivity index (χ1) is 14.2. The first kappa shape index (κ1) is 25.7. The lowest BCUT2D eigenvalue weighted by atomic mass is 10.2. The number of hydrogen-bond donors (Lipinski definition) is 5. The number of nitrogens with zero attached hydrogens (tertiary/aromatic N) is 4. The molecule has 0 aliphatic carbocycles. The average Bonchev–Trinajstić information content (AvgIpc) is 2.71. The number of H-pyrrole nitrogens is 1. The highest BCUT2D eigenvalue weighted by Crippen LogP contribution is 2.16. The molecular formula is C19H37N5O4S. The monoisotopic (exact) mass is 431 g/mol. The van der Waals surface area contributed by atoms with Gasteiger partial charge in [-0.3, -0.25) is 4.98 Å². The van der Waals surface area contributed by atoms with E-state index in [1.54, 1.807) is 0 Å². The van der Waals surface area contributed by atoms with Gasteiger partial charge in [-0.1, -0.05) is 0 Å². The number of aliphatic hydroxyl groups is 4. The number of aromatic amines is 1. The Balaban J connectivity index is 3.00. The lowest BCUT2D eigenvalue weighted by Crippen LogP contribution is -2.31. The van der Waals surface area contributed by atoms with E-state index in [1.165, 1.54) is 0 Å². The second kappa shape index (κ2) is 16.5. The molecule has 0 spiro atoms. The Morgan fingerprint density at radius 2 is 0.897 bits per heavy atom. The van der Waals surface area contributed by atoms with Crippen molar-refractivity contribution in [1.82, 2.24) is 15.0 Å². The molecule has 0 atom stereocenters. The van der Waals surface area contributed by atoms with Crippen LogP contribution in [0.4, 0.5) is 11.9 Å². The minimum Gasteiger partial charge on any atom is -0.396 e. The molecule has 0 aliphatic rings. The van der Waals surface area contributed by atoms with Gasteiger partial charge in [0.1, 0.15) is 0 Å². The Kier molecular flexibility index (Phi) is 14.6. The van der Waals surface area contributed by atoms with Gasteiger partial charge in [0.25, 0.3) is 0 Å². The third kappa shape index (κ3) is 10.9. The molecule has 5 N–H and O–H groups in total. The minimum atomic E-state index is 0.152. The first-order valence-corrected chi connectivity index (χ1v) is 11.0. The van der Waals surface area contributed by atoms with Crippen LogP contribution in [-0.2, 0) is 0 Å². The number of aliphatic hydroxyl groups excluding tert-OH is 4. The molecule has 0 fully saturated rings. The maximum Gasteiger partial charge on any atom is 0.225 e. The smallest absolute Gasteiger partial charge is 0.225 e. The van der Waals surface area contributed by atoms with Crippen molar-refractivity contribution in [1.29, 1.82) is 0 Å². The summed E-state index contributed by atoms with van der Waals surface area (Å²) in [6.45, 7) is 3.51. The fourth-order valence-electron chi connectivity index (χ4n) is 2.97. The van der Waals surface area contributed by atoms with Crippen LogP contribution in [0.3, 0.4) is 0 Å². The molecule has 168 valence electrons. The van der Waals surface area contributed by atoms with Gasteiger partial charge in [-0.2, -0.15) is 9.97 Å². The van der Waals surface area contributed by atoms with Crippen LogP contribution in [-0.4, -0.2) is 88.0 Å². The summed E-state index contributed by atoms with van der Waals surface area (Å²) in [5.41, 5.74) is 0. The number of anilines is 2. The van der Waals surface area contributed by atoms with Crippen molar-refractivity contribution in [2.75, 3.05) is 62.4 Å². The Morgan fingerprint density at radius 3 is 1.17 bits per heavy atom. The quantitative estimate of drug-likeness (QED) is 0.172. The van der Waals surface area contributed by atoms with Gasteiger partial charge in [-0.15, -0.1) is 0 Å². The molecule has 0 saturated carbocycles. The van der Waals surface area contributed by atoms with Gasteiger partial charge in [-0.25, -0.2) is 0 Å². The van der Waals surface area contributed by atoms with Crippen LogP contribution in [0.15, 0.2) is 0 Å². The SMILES string of the molecule is OCCCCN(CCCCO)c1nc(=S)nc(N(CCCCO)CCCCO)[nH]1. The van der Waals surface area contributed by atoms with Crippen LogP contribution in [0.1, 0.15) is 51.4 Å². The Bertz CT molecular complexity index is 525. The maximum absolute atomic E-state index is 9.09. The van der Waals surface area contributed by atoms with Crippen molar-refractivity contribution in [2.24, 2.45) is 0 Å². The van der Waals surface area contributed by atoms with Crippen LogP contribution in [0.25, 0.3) is 0 Å². The molecule has 1 heterocycles. The highest BCUT2D eigenvalue weighted by Gasteiger charge is 2.14. The largest absolute Gasteiger partial charge is 0.396 e. The summed E-state index contributed by atoms with van der Waals surface area (Å²) in [7, 11) is 0. The van der Waals surface area contributed by atoms with Crippen LogP contribution in [0, 0.1) is 4.77 Å². The topological polar surface area (TPSA) is 129 Å². The highest BCUT2D eigenvalue weighted by atomic mass is 32.1. The van der Waals surface area contributed by atoms with E-state index < -0.39 is 0 Å². The molecular weight excluding hydrogens is 394 g/mol. The van der Waals surface area contributed by atoms with Crippen LogP contribution in [0.5, 0.6) is 0 Å². The summed E-state index contributed by atoms with van der Waals surface area (Å²) < 4.78 is 0.261. The van der Waals surface area contributed by atoms with Crippen LogP contribution < -0.4 is 9.80 Å². The summed E-state index contributed by atoms with van der Waals surface area (Å²) in [4.78, 5) is 16.3. The lowest BCUT2D eigenvalue weighted by Gasteiger charge is -2.27. The van der Waals surface area contributed by atoms with Crippen molar-refractivity contribution < 1.29 is 20.4 Å². The number of aromatic nitrogens is 3. The second-order valence-corrected chi connectivity index (χ2v) is 7.34. The van der Waals surface area contributed by atoms with E-state index >= 15 is 0 Å². The Hall–Kier alpha value is -1.33. The third-order valence-corrected chi connectivity index (χ3v) is 4.75. The molecule has 0 aromatic carbocycles. The summed E-state index contributed by atoms with van der Waals surface area (Å²) in [5.74, 6) is 1.29. The van der Waals surface area contributed by atoms with Gasteiger partial charge in [0.15, 0.2) is 0 Å². The molecule has 0 aliphatic heterocycles. The van der Waals surface area contributed by atoms with E-state index in [4.69, 9.17) is 32.6 Å². The predicted octanol–water partition coefficient (Wildman–Crippen LogP) is 1.24. The molecule has 9 nitrogen and oxygen atoms in total. The molecule has 0 bridgehead atoms. The third-order valence-electron chi connectivity index (χ3n) is 4.57. The second-order valence-electron chi connectivity index (χ2n) is 6.98. The number of unbranched alkanes of at least 4 members (excludes halogenated alkanes) is 4. The average molecular weight is 432 g/mol. The van der Waals surface area contributed by atoms with Gasteiger partial charge in [0.2, 0.25) is 16.7 Å². The summed E-state index contributed by atoms with van der Waals surface area (Å²) >= 11 is 5.31. The van der Waals surface area contributed by atoms with Crippen molar-refractivity contribution in [2.45, 2.75) is 51.4 Å². The van der Waals surface area contributed by atoms with Gasteiger partial charge in [0.05, 0.1) is 0 Å². The summed E-state index contributed by atoms with van der Waals surface area (Å²) in [5, 5.41) is 36.3. The molecule has 1 aromatic heterocycles. The van der Waals surface area contributed by atoms with E-state index in [-0.39, 0.29) is 31.2 Å². The predicted molar refractivity (Wildman–Crippen MR) is 117 cm³/mol. The molecule has 1 rings (SSSR count). The molecule has 0 amide bonds. The normalized spacial score (nSPS) is 11.0. The zero-order chi connectivity index (χ0) is 21.3. The number of hydrogen-bond acceptors (Lipinski definition) is 9. The van der Waals surface area contributed by atoms with Gasteiger partial charge >= 0.3 is 0 Å². The van der Waals surface area contributed by atoms with Gasteiger partial charge in [0, 0.05) is 52.6 Å². The Labute approximate surface area is 178 Å². The minimum absolute atomic E-state index is 0.152. The fourth-order valence-corrected chi connectivity index (χ4v) is 3.14. The van der Waals surface area contributed by atoms with Gasteiger partial charge in [-0.05, 0) is 63.6 Å². The van der Waals surface area contributed by atoms with Crippen LogP contribution >= 0.6 is 12.2 Å². The lowest BCUT2D eigenvalue weighted by molar-refractivity contribution is 0.282. The summed E-state index contributed by atoms with van der Waals surface area (Å²) in [6, 6.07) is 0. The maximum atomic E-state index is 9.09. The molecule has 0 unspecified atom stereocenters. The first-order valence-electron chi connectivity index (χ1n) is 10.6. The van der Waals surface area contributed by atoms with Gasteiger partial charge < -0.3 is 30.2 Å². The number of nitrogens with one attached hydrogen (secondary N) is 1. The zero-order valence-corrected chi connectivity index (χ0v) is 18.1. The van der Waals surface area contributed by atoms with Crippen molar-refractivity contribution >= 4 is 24.1 Å². The standard InChI is InChI=1S/C19H37N5O4S/c25-13-5-1-9-23(10-2-6-14-26)17-20-18(22-19(29)21-17)24(11-3-7-15-27)12-4-8-16-28/h25-28H,1-16H2,(H,20,21,22,29). The Morgan fingerprint density at radius 1 is 0.586 bits per heavy atom. The van der Waals surface area contributed by atoms with E-state index in [1.807, 2.05) is 0 Å². The molecule has 1 aromatic rings. The van der Waals surface area contributed by atoms with Crippen molar-refractivity contribution in [3.63, 3.8) is 0 Å². The van der Waals surface area contributed by atoms with Crippen molar-refractivity contribution in [3.8, 4) is 0 Å². The van der Waals surface area contributed by atoms with E-state index in [9.17, 15) is 0 Å². The van der Waals surface area contributed by atoms with Crippen molar-refractivity contribution in [3.05, 3.63) is 4.77 Å². The molecule has 0 saturated heterocycles. The highest BCUT2D eigenvalue weighted by molar-refractivity contribution is 7.71. The van der Waals surface area contributed by atoms with E-state index in [2.05, 4.69) is 24.8 Å². The summed E-state index contributed by atoms with van der Waals surface area (Å²) in [6.07, 6.45) is 6.15. The molecule has 10 heteroatoms. The molecule has 0 radical (unpaired) electrons. The zero-order valence-electron chi connectivity index (χ0n) is 17.3. The van der Waals surface area contributed by atoms with E-state index in [0.29, 0.717) is 37.6 Å².